The van der Waals surface area contributed by atoms with E-state index in [1.807, 2.05) is 16.8 Å². The summed E-state index contributed by atoms with van der Waals surface area (Å²) >= 11 is 0. The number of carbonyl (C=O) groups is 2. The van der Waals surface area contributed by atoms with Gasteiger partial charge in [-0.15, -0.1) is 0 Å². The molecule has 1 aliphatic rings. The maximum Gasteiger partial charge on any atom is 0.337 e. The van der Waals surface area contributed by atoms with Gasteiger partial charge in [-0.3, -0.25) is 4.79 Å². The number of hydrogen-bond donors (Lipinski definition) is 1. The molecule has 5 rings (SSSR count). The molecule has 0 radical (unpaired) electrons. The highest BCUT2D eigenvalue weighted by atomic mass is 19.1. The topological polar surface area (TPSA) is 82.5 Å². The number of methoxy groups -OCH3 is 1. The summed E-state index contributed by atoms with van der Waals surface area (Å²) in [5.74, 6) is -1.20. The SMILES string of the molecule is COC(=O)c1cccc(C(=O)Nc2ccc3c(c2)c(-c2ccc(F)cc2)nn3C2CCCCO2)c1. The normalized spacial score (nSPS) is 15.7. The predicted molar refractivity (Wildman–Crippen MR) is 130 cm³/mol. The Morgan fingerprint density at radius 1 is 1.06 bits per heavy atom. The number of fused-ring (bicyclic) bond motifs is 1. The van der Waals surface area contributed by atoms with Crippen molar-refractivity contribution in [2.75, 3.05) is 19.0 Å². The van der Waals surface area contributed by atoms with E-state index in [1.54, 1.807) is 36.4 Å². The highest BCUT2D eigenvalue weighted by Gasteiger charge is 2.22. The summed E-state index contributed by atoms with van der Waals surface area (Å²) < 4.78 is 26.1. The molecule has 1 saturated heterocycles. The number of esters is 1. The molecule has 1 amide bonds. The molecule has 0 bridgehead atoms. The number of anilines is 1. The van der Waals surface area contributed by atoms with Crippen LogP contribution < -0.4 is 5.32 Å². The number of carbonyl (C=O) groups excluding carboxylic acids is 2. The molecule has 1 aromatic heterocycles. The second-order valence-electron chi connectivity index (χ2n) is 8.38. The highest BCUT2D eigenvalue weighted by Crippen LogP contribution is 2.34. The molecule has 0 aliphatic carbocycles. The standard InChI is InChI=1S/C27H24FN3O4/c1-34-27(33)19-6-4-5-18(15-19)26(32)29-21-12-13-23-22(16-21)25(17-8-10-20(28)11-9-17)30-31(23)24-7-2-3-14-35-24/h4-6,8-13,15-16,24H,2-3,7,14H2,1H3,(H,29,32). The van der Waals surface area contributed by atoms with Crippen LogP contribution in [0.5, 0.6) is 0 Å². The Bertz CT molecular complexity index is 1390. The first kappa shape index (κ1) is 22.7. The average Bonchev–Trinajstić information content (AvgIpc) is 3.28. The molecule has 0 saturated carbocycles. The van der Waals surface area contributed by atoms with Gasteiger partial charge in [0.25, 0.3) is 5.91 Å². The first-order chi connectivity index (χ1) is 17.0. The third-order valence-corrected chi connectivity index (χ3v) is 6.06. The molecular weight excluding hydrogens is 449 g/mol. The Hall–Kier alpha value is -4.04. The van der Waals surface area contributed by atoms with Gasteiger partial charge in [0, 0.05) is 28.8 Å². The Morgan fingerprint density at radius 2 is 1.86 bits per heavy atom. The lowest BCUT2D eigenvalue weighted by Gasteiger charge is -2.23. The molecule has 1 fully saturated rings. The van der Waals surface area contributed by atoms with Crippen LogP contribution in [0.3, 0.4) is 0 Å². The largest absolute Gasteiger partial charge is 0.465 e. The molecule has 1 atom stereocenters. The first-order valence-corrected chi connectivity index (χ1v) is 11.4. The fraction of sp³-hybridized carbons (Fsp3) is 0.222. The summed E-state index contributed by atoms with van der Waals surface area (Å²) in [4.78, 5) is 24.7. The zero-order chi connectivity index (χ0) is 24.4. The molecule has 3 aromatic carbocycles. The maximum atomic E-state index is 13.6. The van der Waals surface area contributed by atoms with Gasteiger partial charge in [0.15, 0.2) is 6.23 Å². The van der Waals surface area contributed by atoms with Crippen LogP contribution in [0.25, 0.3) is 22.2 Å². The fourth-order valence-electron chi connectivity index (χ4n) is 4.28. The predicted octanol–water partition coefficient (Wildman–Crippen LogP) is 5.58. The van der Waals surface area contributed by atoms with Crippen molar-refractivity contribution in [3.8, 4) is 11.3 Å². The Balaban J connectivity index is 1.52. The Kier molecular flexibility index (Phi) is 6.29. The van der Waals surface area contributed by atoms with Gasteiger partial charge in [0.2, 0.25) is 0 Å². The minimum absolute atomic E-state index is 0.179. The van der Waals surface area contributed by atoms with Gasteiger partial charge < -0.3 is 14.8 Å². The lowest BCUT2D eigenvalue weighted by atomic mass is 10.1. The van der Waals surface area contributed by atoms with Gasteiger partial charge in [0.1, 0.15) is 11.5 Å². The fourth-order valence-corrected chi connectivity index (χ4v) is 4.28. The van der Waals surface area contributed by atoms with E-state index in [1.165, 1.54) is 25.3 Å². The Labute approximate surface area is 201 Å². The van der Waals surface area contributed by atoms with Crippen LogP contribution in [0.15, 0.2) is 66.7 Å². The van der Waals surface area contributed by atoms with Crippen molar-refractivity contribution in [1.29, 1.82) is 0 Å². The summed E-state index contributed by atoms with van der Waals surface area (Å²) in [6, 6.07) is 18.1. The van der Waals surface area contributed by atoms with Crippen LogP contribution in [0.4, 0.5) is 10.1 Å². The van der Waals surface area contributed by atoms with Crippen LogP contribution in [0.2, 0.25) is 0 Å². The van der Waals surface area contributed by atoms with Crippen LogP contribution in [0, 0.1) is 5.82 Å². The van der Waals surface area contributed by atoms with E-state index in [4.69, 9.17) is 14.6 Å². The van der Waals surface area contributed by atoms with Gasteiger partial charge in [-0.1, -0.05) is 6.07 Å². The lowest BCUT2D eigenvalue weighted by molar-refractivity contribution is -0.0365. The summed E-state index contributed by atoms with van der Waals surface area (Å²) in [5, 5.41) is 8.54. The molecule has 178 valence electrons. The van der Waals surface area contributed by atoms with E-state index in [2.05, 4.69) is 5.32 Å². The van der Waals surface area contributed by atoms with E-state index < -0.39 is 5.97 Å². The summed E-state index contributed by atoms with van der Waals surface area (Å²) in [6.07, 6.45) is 2.75. The van der Waals surface area contributed by atoms with Gasteiger partial charge >= 0.3 is 5.97 Å². The van der Waals surface area contributed by atoms with Gasteiger partial charge in [-0.25, -0.2) is 13.9 Å². The number of nitrogens with zero attached hydrogens (tertiary/aromatic N) is 2. The number of amides is 1. The average molecular weight is 474 g/mol. The minimum Gasteiger partial charge on any atom is -0.465 e. The second kappa shape index (κ2) is 9.68. The lowest BCUT2D eigenvalue weighted by Crippen LogP contribution is -2.19. The van der Waals surface area contributed by atoms with Gasteiger partial charge in [0.05, 0.1) is 18.2 Å². The number of halogens is 1. The third kappa shape index (κ3) is 4.65. The number of hydrogen-bond acceptors (Lipinski definition) is 5. The van der Waals surface area contributed by atoms with E-state index in [-0.39, 0.29) is 18.0 Å². The van der Waals surface area contributed by atoms with E-state index in [0.29, 0.717) is 29.1 Å². The summed E-state index contributed by atoms with van der Waals surface area (Å²) in [5.41, 5.74) is 3.50. The second-order valence-corrected chi connectivity index (χ2v) is 8.38. The molecule has 35 heavy (non-hydrogen) atoms. The van der Waals surface area contributed by atoms with Crippen molar-refractivity contribution in [2.45, 2.75) is 25.5 Å². The minimum atomic E-state index is -0.512. The van der Waals surface area contributed by atoms with Crippen molar-refractivity contribution < 1.29 is 23.5 Å². The van der Waals surface area contributed by atoms with Crippen molar-refractivity contribution in [3.05, 3.63) is 83.7 Å². The molecule has 1 N–H and O–H groups in total. The third-order valence-electron chi connectivity index (χ3n) is 6.06. The van der Waals surface area contributed by atoms with E-state index in [9.17, 15) is 14.0 Å². The van der Waals surface area contributed by atoms with E-state index in [0.717, 1.165) is 35.7 Å². The van der Waals surface area contributed by atoms with Crippen LogP contribution in [-0.2, 0) is 9.47 Å². The highest BCUT2D eigenvalue weighted by molar-refractivity contribution is 6.07. The Morgan fingerprint density at radius 3 is 2.60 bits per heavy atom. The zero-order valence-corrected chi connectivity index (χ0v) is 19.2. The number of nitrogens with one attached hydrogen (secondary N) is 1. The number of benzene rings is 3. The molecule has 8 heteroatoms. The smallest absolute Gasteiger partial charge is 0.337 e. The molecule has 4 aromatic rings. The number of aromatic nitrogens is 2. The van der Waals surface area contributed by atoms with Crippen molar-refractivity contribution in [2.24, 2.45) is 0 Å². The summed E-state index contributed by atoms with van der Waals surface area (Å²) in [7, 11) is 1.29. The van der Waals surface area contributed by atoms with Crippen LogP contribution in [0.1, 0.15) is 46.2 Å². The van der Waals surface area contributed by atoms with Crippen molar-refractivity contribution in [1.82, 2.24) is 9.78 Å². The molecule has 2 heterocycles. The number of ether oxygens (including phenoxy) is 2. The van der Waals surface area contributed by atoms with Gasteiger partial charge in [-0.05, 0) is 79.9 Å². The maximum absolute atomic E-state index is 13.6. The van der Waals surface area contributed by atoms with Crippen LogP contribution in [-0.4, -0.2) is 35.4 Å². The van der Waals surface area contributed by atoms with Crippen molar-refractivity contribution >= 4 is 28.5 Å². The zero-order valence-electron chi connectivity index (χ0n) is 19.2. The first-order valence-electron chi connectivity index (χ1n) is 11.4. The molecule has 0 spiro atoms. The van der Waals surface area contributed by atoms with E-state index >= 15 is 0 Å². The number of rotatable bonds is 5. The molecular formula is C27H24FN3O4. The quantitative estimate of drug-likeness (QED) is 0.383. The van der Waals surface area contributed by atoms with Crippen LogP contribution >= 0.6 is 0 Å². The monoisotopic (exact) mass is 473 g/mol. The summed E-state index contributed by atoms with van der Waals surface area (Å²) in [6.45, 7) is 0.677. The van der Waals surface area contributed by atoms with Gasteiger partial charge in [-0.2, -0.15) is 5.10 Å². The van der Waals surface area contributed by atoms with Crippen molar-refractivity contribution in [3.63, 3.8) is 0 Å². The molecule has 1 aliphatic heterocycles. The molecule has 1 unspecified atom stereocenters. The molecule has 7 nitrogen and oxygen atoms in total.